The zero-order valence-electron chi connectivity index (χ0n) is 18.3. The number of oxazole rings is 1. The highest BCUT2D eigenvalue weighted by molar-refractivity contribution is 5.95. The van der Waals surface area contributed by atoms with Gasteiger partial charge in [-0.2, -0.15) is 13.2 Å². The predicted octanol–water partition coefficient (Wildman–Crippen LogP) is 6.50. The van der Waals surface area contributed by atoms with E-state index in [0.717, 1.165) is 29.0 Å². The number of ether oxygens (including phenoxy) is 1. The Morgan fingerprint density at radius 2 is 1.91 bits per heavy atom. The Kier molecular flexibility index (Phi) is 5.51. The number of hydrogen-bond donors (Lipinski definition) is 0. The first-order chi connectivity index (χ1) is 16.3. The van der Waals surface area contributed by atoms with Crippen molar-refractivity contribution in [3.05, 3.63) is 83.7 Å². The summed E-state index contributed by atoms with van der Waals surface area (Å²) in [4.78, 5) is 19.3. The van der Waals surface area contributed by atoms with Crippen molar-refractivity contribution in [2.45, 2.75) is 25.1 Å². The summed E-state index contributed by atoms with van der Waals surface area (Å²) in [5.41, 5.74) is 2.19. The van der Waals surface area contributed by atoms with Crippen molar-refractivity contribution in [3.8, 4) is 16.9 Å². The molecule has 5 nitrogen and oxygen atoms in total. The van der Waals surface area contributed by atoms with Gasteiger partial charge in [-0.1, -0.05) is 30.3 Å². The summed E-state index contributed by atoms with van der Waals surface area (Å²) in [6, 6.07) is 17.3. The van der Waals surface area contributed by atoms with E-state index in [-0.39, 0.29) is 5.56 Å². The van der Waals surface area contributed by atoms with Crippen LogP contribution in [0.3, 0.4) is 0 Å². The molecule has 0 aliphatic carbocycles. The molecule has 34 heavy (non-hydrogen) atoms. The maximum atomic E-state index is 13.1. The van der Waals surface area contributed by atoms with Gasteiger partial charge < -0.3 is 14.1 Å². The van der Waals surface area contributed by atoms with Crippen LogP contribution in [-0.4, -0.2) is 29.4 Å². The van der Waals surface area contributed by atoms with Crippen LogP contribution in [0.5, 0.6) is 5.75 Å². The normalized spacial score (nSPS) is 16.2. The quantitative estimate of drug-likeness (QED) is 0.345. The minimum atomic E-state index is -4.51. The lowest BCUT2D eigenvalue weighted by Gasteiger charge is -2.22. The Hall–Kier alpha value is -3.81. The number of rotatable bonds is 4. The summed E-state index contributed by atoms with van der Waals surface area (Å²) in [5.74, 6) is 0.648. The second kappa shape index (κ2) is 8.52. The molecule has 1 aliphatic heterocycles. The van der Waals surface area contributed by atoms with Gasteiger partial charge in [0.1, 0.15) is 17.3 Å². The molecule has 4 aromatic rings. The van der Waals surface area contributed by atoms with Crippen molar-refractivity contribution >= 4 is 17.0 Å². The third-order valence-corrected chi connectivity index (χ3v) is 6.06. The molecule has 1 atom stereocenters. The van der Waals surface area contributed by atoms with Gasteiger partial charge >= 0.3 is 6.18 Å². The fraction of sp³-hybridized carbons (Fsp3) is 0.231. The van der Waals surface area contributed by atoms with E-state index < -0.39 is 23.7 Å². The number of methoxy groups -OCH3 is 1. The lowest BCUT2D eigenvalue weighted by molar-refractivity contribution is -0.137. The lowest BCUT2D eigenvalue weighted by atomic mass is 10.0. The summed E-state index contributed by atoms with van der Waals surface area (Å²) in [6.07, 6.45) is -3.18. The van der Waals surface area contributed by atoms with Crippen LogP contribution in [0.2, 0.25) is 0 Å². The highest BCUT2D eigenvalue weighted by Gasteiger charge is 2.36. The Morgan fingerprint density at radius 1 is 1.09 bits per heavy atom. The van der Waals surface area contributed by atoms with Gasteiger partial charge in [-0.15, -0.1) is 0 Å². The molecule has 0 N–H and O–H groups in total. The van der Waals surface area contributed by atoms with E-state index in [4.69, 9.17) is 9.15 Å². The third-order valence-electron chi connectivity index (χ3n) is 6.06. The standard InChI is InChI=1S/C26H21F3N2O3/c1-33-22-10-3-2-8-19(22)16-11-12-23-20(15-16)30-24(34-23)21-9-5-13-31(21)25(32)17-6-4-7-18(14-17)26(27,28)29/h2-4,6-8,10-12,14-15,21H,5,9,13H2,1H3/t21-/m0/s1. The molecule has 0 bridgehead atoms. The van der Waals surface area contributed by atoms with Gasteiger partial charge in [-0.3, -0.25) is 4.79 Å². The summed E-state index contributed by atoms with van der Waals surface area (Å²) in [5, 5.41) is 0. The molecule has 1 aliphatic rings. The zero-order valence-corrected chi connectivity index (χ0v) is 18.3. The first kappa shape index (κ1) is 22.0. The number of benzene rings is 3. The second-order valence-electron chi connectivity index (χ2n) is 8.17. The molecule has 1 saturated heterocycles. The van der Waals surface area contributed by atoms with Crippen LogP contribution in [0, 0.1) is 0 Å². The number of carbonyl (C=O) groups is 1. The average molecular weight is 466 g/mol. The van der Waals surface area contributed by atoms with Gasteiger partial charge in [-0.05, 0) is 54.8 Å². The smallest absolute Gasteiger partial charge is 0.416 e. The number of halogens is 3. The van der Waals surface area contributed by atoms with E-state index in [1.807, 2.05) is 42.5 Å². The molecule has 174 valence electrons. The summed E-state index contributed by atoms with van der Waals surface area (Å²) >= 11 is 0. The van der Waals surface area contributed by atoms with E-state index >= 15 is 0 Å². The van der Waals surface area contributed by atoms with Crippen molar-refractivity contribution < 1.29 is 27.1 Å². The molecule has 1 amide bonds. The largest absolute Gasteiger partial charge is 0.496 e. The maximum Gasteiger partial charge on any atom is 0.416 e. The van der Waals surface area contributed by atoms with Gasteiger partial charge in [-0.25, -0.2) is 4.98 Å². The fourth-order valence-electron chi connectivity index (χ4n) is 4.40. The van der Waals surface area contributed by atoms with Crippen LogP contribution in [0.1, 0.15) is 40.7 Å². The fourth-order valence-corrected chi connectivity index (χ4v) is 4.40. The Labute approximate surface area is 193 Å². The van der Waals surface area contributed by atoms with Crippen LogP contribution in [0.4, 0.5) is 13.2 Å². The number of amides is 1. The number of carbonyl (C=O) groups excluding carboxylic acids is 1. The number of nitrogens with zero attached hydrogens (tertiary/aromatic N) is 2. The first-order valence-corrected chi connectivity index (χ1v) is 10.9. The summed E-state index contributed by atoms with van der Waals surface area (Å²) in [6.45, 7) is 0.422. The minimum Gasteiger partial charge on any atom is -0.496 e. The van der Waals surface area contributed by atoms with E-state index in [0.29, 0.717) is 36.4 Å². The second-order valence-corrected chi connectivity index (χ2v) is 8.17. The van der Waals surface area contributed by atoms with E-state index in [1.54, 1.807) is 12.0 Å². The molecule has 8 heteroatoms. The van der Waals surface area contributed by atoms with E-state index in [9.17, 15) is 18.0 Å². The summed E-state index contributed by atoms with van der Waals surface area (Å²) < 4.78 is 50.8. The maximum absolute atomic E-state index is 13.1. The van der Waals surface area contributed by atoms with Crippen molar-refractivity contribution in [2.24, 2.45) is 0 Å². The van der Waals surface area contributed by atoms with E-state index in [1.165, 1.54) is 12.1 Å². The van der Waals surface area contributed by atoms with Crippen LogP contribution >= 0.6 is 0 Å². The van der Waals surface area contributed by atoms with Gasteiger partial charge in [0.05, 0.1) is 12.7 Å². The highest BCUT2D eigenvalue weighted by Crippen LogP contribution is 2.37. The van der Waals surface area contributed by atoms with Crippen LogP contribution < -0.4 is 4.74 Å². The zero-order chi connectivity index (χ0) is 23.9. The van der Waals surface area contributed by atoms with Crippen LogP contribution in [0.25, 0.3) is 22.2 Å². The Morgan fingerprint density at radius 3 is 2.71 bits per heavy atom. The molecular weight excluding hydrogens is 445 g/mol. The minimum absolute atomic E-state index is 0.00343. The van der Waals surface area contributed by atoms with Crippen molar-refractivity contribution in [2.75, 3.05) is 13.7 Å². The number of fused-ring (bicyclic) bond motifs is 1. The molecular formula is C26H21F3N2O3. The Balaban J connectivity index is 1.46. The SMILES string of the molecule is COc1ccccc1-c1ccc2oc([C@@H]3CCCN3C(=O)c3cccc(C(F)(F)F)c3)nc2c1. The van der Waals surface area contributed by atoms with E-state index in [2.05, 4.69) is 4.98 Å². The van der Waals surface area contributed by atoms with Gasteiger partial charge in [0, 0.05) is 17.7 Å². The average Bonchev–Trinajstić information content (AvgIpc) is 3.49. The number of para-hydroxylation sites is 1. The predicted molar refractivity (Wildman–Crippen MR) is 120 cm³/mol. The molecule has 0 unspecified atom stereocenters. The monoisotopic (exact) mass is 466 g/mol. The molecule has 1 fully saturated rings. The molecule has 5 rings (SSSR count). The highest BCUT2D eigenvalue weighted by atomic mass is 19.4. The Bertz CT molecular complexity index is 1360. The third kappa shape index (κ3) is 4.00. The van der Waals surface area contributed by atoms with Crippen LogP contribution in [0.15, 0.2) is 71.1 Å². The topological polar surface area (TPSA) is 55.6 Å². The number of alkyl halides is 3. The summed E-state index contributed by atoms with van der Waals surface area (Å²) in [7, 11) is 1.61. The van der Waals surface area contributed by atoms with Crippen LogP contribution in [-0.2, 0) is 6.18 Å². The molecule has 2 heterocycles. The number of likely N-dealkylation sites (tertiary alicyclic amines) is 1. The van der Waals surface area contributed by atoms with Crippen molar-refractivity contribution in [1.29, 1.82) is 0 Å². The van der Waals surface area contributed by atoms with Gasteiger partial charge in [0.25, 0.3) is 5.91 Å². The van der Waals surface area contributed by atoms with Crippen molar-refractivity contribution in [1.82, 2.24) is 9.88 Å². The molecule has 0 radical (unpaired) electrons. The molecule has 3 aromatic carbocycles. The number of aromatic nitrogens is 1. The van der Waals surface area contributed by atoms with Gasteiger partial charge in [0.15, 0.2) is 5.58 Å². The first-order valence-electron chi connectivity index (χ1n) is 10.9. The number of hydrogen-bond acceptors (Lipinski definition) is 4. The molecule has 1 aromatic heterocycles. The van der Waals surface area contributed by atoms with Crippen molar-refractivity contribution in [3.63, 3.8) is 0 Å². The molecule has 0 saturated carbocycles. The lowest BCUT2D eigenvalue weighted by Crippen LogP contribution is -2.31. The molecule has 0 spiro atoms. The van der Waals surface area contributed by atoms with Gasteiger partial charge in [0.2, 0.25) is 5.89 Å².